The number of ether oxygens (including phenoxy) is 1. The summed E-state index contributed by atoms with van der Waals surface area (Å²) < 4.78 is 4.59. The van der Waals surface area contributed by atoms with Crippen molar-refractivity contribution in [1.29, 1.82) is 0 Å². The lowest BCUT2D eigenvalue weighted by Gasteiger charge is -2.15. The number of carbonyl (C=O) groups excluding carboxylic acids is 1. The van der Waals surface area contributed by atoms with Crippen molar-refractivity contribution in [1.82, 2.24) is 15.0 Å². The van der Waals surface area contributed by atoms with Crippen LogP contribution >= 0.6 is 0 Å². The Balaban J connectivity index is 2.12. The van der Waals surface area contributed by atoms with Gasteiger partial charge in [-0.2, -0.15) is 0 Å². The lowest BCUT2D eigenvalue weighted by Crippen LogP contribution is -2.27. The first-order valence-electron chi connectivity index (χ1n) is 5.72. The van der Waals surface area contributed by atoms with Gasteiger partial charge in [0.05, 0.1) is 12.8 Å². The fraction of sp³-hybridized carbons (Fsp3) is 0.231. The number of hydrogen-bond donors (Lipinski definition) is 0. The summed E-state index contributed by atoms with van der Waals surface area (Å²) in [5.41, 5.74) is 1.64. The number of likely N-dealkylation sites (N-methyl/N-ethyl adjacent to an activating group) is 1. The summed E-state index contributed by atoms with van der Waals surface area (Å²) in [4.78, 5) is 25.4. The number of pyridine rings is 1. The summed E-state index contributed by atoms with van der Waals surface area (Å²) in [6.45, 7) is 0.111. The van der Waals surface area contributed by atoms with Crippen molar-refractivity contribution in [3.63, 3.8) is 0 Å². The molecule has 0 N–H and O–H groups in total. The molecule has 0 atom stereocenters. The number of methoxy groups -OCH3 is 1. The van der Waals surface area contributed by atoms with E-state index in [2.05, 4.69) is 19.7 Å². The molecule has 0 amide bonds. The Labute approximate surface area is 111 Å². The highest BCUT2D eigenvalue weighted by Gasteiger charge is 2.10. The molecule has 0 saturated heterocycles. The normalized spacial score (nSPS) is 10.0. The summed E-state index contributed by atoms with van der Waals surface area (Å²) in [7, 11) is 3.08. The number of nitrogens with zero attached hydrogens (tertiary/aromatic N) is 4. The molecule has 0 saturated carbocycles. The van der Waals surface area contributed by atoms with Crippen LogP contribution in [-0.2, 0) is 9.53 Å². The van der Waals surface area contributed by atoms with Crippen LogP contribution in [0.1, 0.15) is 0 Å². The third-order valence-electron chi connectivity index (χ3n) is 2.53. The van der Waals surface area contributed by atoms with Gasteiger partial charge in [0.2, 0.25) is 5.95 Å². The zero-order valence-corrected chi connectivity index (χ0v) is 10.8. The van der Waals surface area contributed by atoms with E-state index < -0.39 is 0 Å². The van der Waals surface area contributed by atoms with E-state index in [0.717, 1.165) is 11.3 Å². The Kier molecular flexibility index (Phi) is 4.02. The predicted molar refractivity (Wildman–Crippen MR) is 70.5 cm³/mol. The Morgan fingerprint density at radius 1 is 1.26 bits per heavy atom. The first-order chi connectivity index (χ1) is 9.20. The number of aromatic nitrogens is 3. The van der Waals surface area contributed by atoms with Gasteiger partial charge in [0, 0.05) is 31.2 Å². The van der Waals surface area contributed by atoms with Gasteiger partial charge in [-0.05, 0) is 12.1 Å². The number of anilines is 1. The van der Waals surface area contributed by atoms with Gasteiger partial charge in [0.25, 0.3) is 0 Å². The van der Waals surface area contributed by atoms with E-state index in [1.165, 1.54) is 7.11 Å². The molecule has 2 aromatic rings. The highest BCUT2D eigenvalue weighted by atomic mass is 16.5. The Morgan fingerprint density at radius 2 is 2.00 bits per heavy atom. The third kappa shape index (κ3) is 3.25. The van der Waals surface area contributed by atoms with Crippen molar-refractivity contribution >= 4 is 11.9 Å². The second-order valence-corrected chi connectivity index (χ2v) is 3.92. The maximum Gasteiger partial charge on any atom is 0.325 e. The summed E-state index contributed by atoms with van der Waals surface area (Å²) in [5, 5.41) is 0. The maximum atomic E-state index is 11.2. The van der Waals surface area contributed by atoms with E-state index in [1.807, 2.05) is 18.2 Å². The Hall–Kier alpha value is -2.50. The molecule has 0 aliphatic carbocycles. The standard InChI is InChI=1S/C13H14N4O2/c1-17(9-12(18)19-2)13-15-7-10(8-16-13)11-5-3-4-6-14-11/h3-8H,9H2,1-2H3. The zero-order chi connectivity index (χ0) is 13.7. The molecule has 19 heavy (non-hydrogen) atoms. The monoisotopic (exact) mass is 258 g/mol. The zero-order valence-electron chi connectivity index (χ0n) is 10.8. The lowest BCUT2D eigenvalue weighted by atomic mass is 10.2. The van der Waals surface area contributed by atoms with Crippen LogP contribution < -0.4 is 4.90 Å². The van der Waals surface area contributed by atoms with Crippen molar-refractivity contribution in [2.75, 3.05) is 25.6 Å². The van der Waals surface area contributed by atoms with Crippen LogP contribution in [0, 0.1) is 0 Å². The van der Waals surface area contributed by atoms with Gasteiger partial charge in [-0.1, -0.05) is 6.07 Å². The summed E-state index contributed by atoms with van der Waals surface area (Å²) in [6, 6.07) is 5.64. The van der Waals surface area contributed by atoms with Crippen molar-refractivity contribution in [3.05, 3.63) is 36.8 Å². The molecule has 6 heteroatoms. The van der Waals surface area contributed by atoms with Crippen LogP contribution in [0.3, 0.4) is 0 Å². The van der Waals surface area contributed by atoms with Gasteiger partial charge in [0.1, 0.15) is 6.54 Å². The SMILES string of the molecule is COC(=O)CN(C)c1ncc(-c2ccccn2)cn1. The van der Waals surface area contributed by atoms with Crippen LogP contribution in [0.4, 0.5) is 5.95 Å². The molecule has 0 spiro atoms. The minimum Gasteiger partial charge on any atom is -0.468 e. The van der Waals surface area contributed by atoms with Crippen LogP contribution in [-0.4, -0.2) is 41.6 Å². The van der Waals surface area contributed by atoms with Gasteiger partial charge in [-0.3, -0.25) is 9.78 Å². The van der Waals surface area contributed by atoms with E-state index in [4.69, 9.17) is 0 Å². The van der Waals surface area contributed by atoms with Crippen molar-refractivity contribution in [3.8, 4) is 11.3 Å². The molecule has 0 bridgehead atoms. The average molecular weight is 258 g/mol. The van der Waals surface area contributed by atoms with Crippen LogP contribution in [0.2, 0.25) is 0 Å². The second-order valence-electron chi connectivity index (χ2n) is 3.92. The molecule has 2 rings (SSSR count). The fourth-order valence-corrected chi connectivity index (χ4v) is 1.51. The van der Waals surface area contributed by atoms with Crippen LogP contribution in [0.5, 0.6) is 0 Å². The van der Waals surface area contributed by atoms with E-state index in [1.54, 1.807) is 30.5 Å². The summed E-state index contributed by atoms with van der Waals surface area (Å²) in [5.74, 6) is 0.130. The summed E-state index contributed by atoms with van der Waals surface area (Å²) >= 11 is 0. The molecular formula is C13H14N4O2. The highest BCUT2D eigenvalue weighted by Crippen LogP contribution is 2.15. The quantitative estimate of drug-likeness (QED) is 0.766. The van der Waals surface area contributed by atoms with E-state index in [9.17, 15) is 4.79 Å². The van der Waals surface area contributed by atoms with Gasteiger partial charge >= 0.3 is 5.97 Å². The van der Waals surface area contributed by atoms with E-state index >= 15 is 0 Å². The molecule has 0 unspecified atom stereocenters. The van der Waals surface area contributed by atoms with Gasteiger partial charge in [-0.15, -0.1) is 0 Å². The molecule has 0 aliphatic rings. The number of hydrogen-bond acceptors (Lipinski definition) is 6. The summed E-state index contributed by atoms with van der Waals surface area (Å²) in [6.07, 6.45) is 5.07. The predicted octanol–water partition coefficient (Wildman–Crippen LogP) is 1.15. The maximum absolute atomic E-state index is 11.2. The lowest BCUT2D eigenvalue weighted by molar-refractivity contribution is -0.138. The van der Waals surface area contributed by atoms with Crippen LogP contribution in [0.25, 0.3) is 11.3 Å². The van der Waals surface area contributed by atoms with Crippen molar-refractivity contribution in [2.45, 2.75) is 0 Å². The number of carbonyl (C=O) groups is 1. The molecule has 0 aromatic carbocycles. The molecular weight excluding hydrogens is 244 g/mol. The minimum absolute atomic E-state index is 0.111. The van der Waals surface area contributed by atoms with Crippen LogP contribution in [0.15, 0.2) is 36.8 Å². The molecule has 0 fully saturated rings. The molecule has 98 valence electrons. The van der Waals surface area contributed by atoms with Gasteiger partial charge in [-0.25, -0.2) is 9.97 Å². The topological polar surface area (TPSA) is 68.2 Å². The Bertz CT molecular complexity index is 542. The van der Waals surface area contributed by atoms with Gasteiger partial charge < -0.3 is 9.64 Å². The molecule has 2 aromatic heterocycles. The van der Waals surface area contributed by atoms with Gasteiger partial charge in [0.15, 0.2) is 0 Å². The van der Waals surface area contributed by atoms with Crippen molar-refractivity contribution in [2.24, 2.45) is 0 Å². The number of esters is 1. The first kappa shape index (κ1) is 12.9. The highest BCUT2D eigenvalue weighted by molar-refractivity contribution is 5.74. The smallest absolute Gasteiger partial charge is 0.325 e. The fourth-order valence-electron chi connectivity index (χ4n) is 1.51. The largest absolute Gasteiger partial charge is 0.468 e. The first-order valence-corrected chi connectivity index (χ1v) is 5.72. The Morgan fingerprint density at radius 3 is 2.58 bits per heavy atom. The third-order valence-corrected chi connectivity index (χ3v) is 2.53. The second kappa shape index (κ2) is 5.90. The average Bonchev–Trinajstić information content (AvgIpc) is 2.48. The van der Waals surface area contributed by atoms with E-state index in [-0.39, 0.29) is 12.5 Å². The number of rotatable bonds is 4. The molecule has 6 nitrogen and oxygen atoms in total. The molecule has 0 radical (unpaired) electrons. The van der Waals surface area contributed by atoms with Crippen molar-refractivity contribution < 1.29 is 9.53 Å². The minimum atomic E-state index is -0.333. The van der Waals surface area contributed by atoms with E-state index in [0.29, 0.717) is 5.95 Å². The molecule has 0 aliphatic heterocycles. The molecule has 2 heterocycles.